The van der Waals surface area contributed by atoms with Gasteiger partial charge in [-0.05, 0) is 70.5 Å². The Balaban J connectivity index is 1.54. The smallest absolute Gasteiger partial charge is 0.410 e. The summed E-state index contributed by atoms with van der Waals surface area (Å²) >= 11 is 0. The Morgan fingerprint density at radius 3 is 2.55 bits per heavy atom. The molecule has 1 amide bonds. The van der Waals surface area contributed by atoms with Crippen molar-refractivity contribution in [1.29, 1.82) is 0 Å². The number of ether oxygens (including phenoxy) is 1. The molecule has 0 spiro atoms. The molecule has 1 atom stereocenters. The van der Waals surface area contributed by atoms with Gasteiger partial charge in [-0.3, -0.25) is 13.8 Å². The molecular formula is C30H31F2N7O3. The van der Waals surface area contributed by atoms with Gasteiger partial charge in [0.2, 0.25) is 0 Å². The van der Waals surface area contributed by atoms with Gasteiger partial charge in [-0.2, -0.15) is 10.2 Å². The van der Waals surface area contributed by atoms with Crippen LogP contribution in [0, 0.1) is 18.6 Å². The van der Waals surface area contributed by atoms with Crippen molar-refractivity contribution in [2.75, 3.05) is 6.54 Å². The lowest BCUT2D eigenvalue weighted by Gasteiger charge is -2.34. The summed E-state index contributed by atoms with van der Waals surface area (Å²) in [6.45, 7) is 9.27. The van der Waals surface area contributed by atoms with E-state index in [0.717, 1.165) is 0 Å². The summed E-state index contributed by atoms with van der Waals surface area (Å²) in [6.07, 6.45) is 4.39. The van der Waals surface area contributed by atoms with Crippen molar-refractivity contribution < 1.29 is 18.3 Å². The van der Waals surface area contributed by atoms with Crippen molar-refractivity contribution in [1.82, 2.24) is 33.6 Å². The van der Waals surface area contributed by atoms with Crippen molar-refractivity contribution in [3.8, 4) is 17.2 Å². The van der Waals surface area contributed by atoms with Crippen molar-refractivity contribution in [3.05, 3.63) is 87.9 Å². The molecule has 218 valence electrons. The largest absolute Gasteiger partial charge is 0.444 e. The highest BCUT2D eigenvalue weighted by molar-refractivity contribution is 5.81. The molecule has 12 heteroatoms. The zero-order chi connectivity index (χ0) is 30.1. The minimum atomic E-state index is -0.691. The SMILES string of the molecule is Cc1cc(-n2nc3c(c2-n2ccn(-c4ccc5c(cnn5C)c4F)c2=O)[C@H](C)N(C(=O)OC(C)(C)C)CC3)ccc1F. The number of hydrogen-bond donors (Lipinski definition) is 0. The number of carbonyl (C=O) groups is 1. The van der Waals surface area contributed by atoms with E-state index >= 15 is 4.39 Å². The molecule has 5 aromatic rings. The van der Waals surface area contributed by atoms with Crippen molar-refractivity contribution >= 4 is 17.0 Å². The van der Waals surface area contributed by atoms with E-state index in [2.05, 4.69) is 5.10 Å². The van der Waals surface area contributed by atoms with Crippen molar-refractivity contribution in [2.45, 2.75) is 52.7 Å². The van der Waals surface area contributed by atoms with Gasteiger partial charge in [-0.1, -0.05) is 0 Å². The summed E-state index contributed by atoms with van der Waals surface area (Å²) in [4.78, 5) is 28.8. The highest BCUT2D eigenvalue weighted by atomic mass is 19.1. The first-order valence-corrected chi connectivity index (χ1v) is 13.6. The van der Waals surface area contributed by atoms with Crippen molar-refractivity contribution in [2.24, 2.45) is 7.05 Å². The number of nitrogens with zero attached hydrogens (tertiary/aromatic N) is 7. The predicted octanol–water partition coefficient (Wildman–Crippen LogP) is 5.14. The maximum absolute atomic E-state index is 15.6. The fourth-order valence-electron chi connectivity index (χ4n) is 5.49. The number of carbonyl (C=O) groups excluding carboxylic acids is 1. The molecule has 0 saturated heterocycles. The van der Waals surface area contributed by atoms with Crippen LogP contribution in [0.25, 0.3) is 28.1 Å². The second kappa shape index (κ2) is 9.68. The third-order valence-corrected chi connectivity index (χ3v) is 7.57. The van der Waals surface area contributed by atoms with Crippen LogP contribution in [-0.4, -0.2) is 51.8 Å². The Morgan fingerprint density at radius 2 is 1.83 bits per heavy atom. The number of halogens is 2. The lowest BCUT2D eigenvalue weighted by Crippen LogP contribution is -2.42. The second-order valence-corrected chi connectivity index (χ2v) is 11.5. The fourth-order valence-corrected chi connectivity index (χ4v) is 5.49. The Kier molecular flexibility index (Phi) is 6.32. The van der Waals surface area contributed by atoms with Crippen LogP contribution in [0.15, 0.2) is 53.7 Å². The van der Waals surface area contributed by atoms with Crippen LogP contribution < -0.4 is 5.69 Å². The zero-order valence-electron chi connectivity index (χ0n) is 24.2. The van der Waals surface area contributed by atoms with E-state index in [4.69, 9.17) is 9.84 Å². The molecule has 0 saturated carbocycles. The van der Waals surface area contributed by atoms with Gasteiger partial charge < -0.3 is 9.64 Å². The summed E-state index contributed by atoms with van der Waals surface area (Å²) in [5, 5.41) is 9.25. The van der Waals surface area contributed by atoms with Crippen molar-refractivity contribution in [3.63, 3.8) is 0 Å². The molecule has 0 radical (unpaired) electrons. The van der Waals surface area contributed by atoms with Crippen LogP contribution in [0.2, 0.25) is 0 Å². The van der Waals surface area contributed by atoms with Gasteiger partial charge in [-0.25, -0.2) is 23.1 Å². The number of imidazole rings is 1. The Bertz CT molecular complexity index is 1930. The first kappa shape index (κ1) is 27.4. The maximum atomic E-state index is 15.6. The van der Waals surface area contributed by atoms with E-state index in [0.29, 0.717) is 52.2 Å². The standard InChI is InChI=1S/C30H31F2N7O3/c1-17-15-19(7-8-21(17)31)39-27(25-18(2)36(12-11-22(25)34-39)29(41)42-30(3,4)5)38-14-13-37(28(38)40)24-10-9-23-20(26(24)32)16-33-35(23)6/h7-10,13-16,18H,11-12H2,1-6H3/t18-/m0/s1. The molecule has 0 aliphatic carbocycles. The number of hydrogen-bond acceptors (Lipinski definition) is 5. The molecule has 4 heterocycles. The third kappa shape index (κ3) is 4.38. The number of rotatable bonds is 3. The minimum absolute atomic E-state index is 0.0697. The number of aromatic nitrogens is 6. The summed E-state index contributed by atoms with van der Waals surface area (Å²) in [6, 6.07) is 7.31. The summed E-state index contributed by atoms with van der Waals surface area (Å²) in [5.41, 5.74) is 1.73. The lowest BCUT2D eigenvalue weighted by atomic mass is 10.00. The minimum Gasteiger partial charge on any atom is -0.444 e. The molecule has 0 fully saturated rings. The Labute approximate surface area is 240 Å². The average Bonchev–Trinajstić information content (AvgIpc) is 3.60. The quantitative estimate of drug-likeness (QED) is 0.297. The first-order valence-electron chi connectivity index (χ1n) is 13.6. The first-order chi connectivity index (χ1) is 19.9. The van der Waals surface area contributed by atoms with Gasteiger partial charge in [0.1, 0.15) is 17.2 Å². The number of amides is 1. The normalized spacial score (nSPS) is 15.3. The molecule has 0 bridgehead atoms. The molecule has 42 heavy (non-hydrogen) atoms. The molecule has 6 rings (SSSR count). The van der Waals surface area contributed by atoms with E-state index in [1.807, 2.05) is 6.92 Å². The van der Waals surface area contributed by atoms with Gasteiger partial charge >= 0.3 is 11.8 Å². The molecule has 0 unspecified atom stereocenters. The summed E-state index contributed by atoms with van der Waals surface area (Å²) < 4.78 is 41.2. The lowest BCUT2D eigenvalue weighted by molar-refractivity contribution is 0.0159. The summed E-state index contributed by atoms with van der Waals surface area (Å²) in [5.74, 6) is -0.565. The zero-order valence-corrected chi connectivity index (χ0v) is 24.2. The second-order valence-electron chi connectivity index (χ2n) is 11.5. The molecule has 10 nitrogen and oxygen atoms in total. The van der Waals surface area contributed by atoms with E-state index < -0.39 is 29.2 Å². The number of aryl methyl sites for hydroxylation is 2. The average molecular weight is 576 g/mol. The highest BCUT2D eigenvalue weighted by Crippen LogP contribution is 2.36. The van der Waals surface area contributed by atoms with Crippen LogP contribution in [0.5, 0.6) is 0 Å². The van der Waals surface area contributed by atoms with E-state index in [9.17, 15) is 14.0 Å². The molecule has 2 aromatic carbocycles. The van der Waals surface area contributed by atoms with E-state index in [1.54, 1.807) is 73.4 Å². The molecule has 3 aromatic heterocycles. The Morgan fingerprint density at radius 1 is 1.10 bits per heavy atom. The number of benzene rings is 2. The van der Waals surface area contributed by atoms with E-state index in [-0.39, 0.29) is 11.5 Å². The van der Waals surface area contributed by atoms with Gasteiger partial charge in [0.25, 0.3) is 0 Å². The third-order valence-electron chi connectivity index (χ3n) is 7.57. The van der Waals surface area contributed by atoms with Crippen LogP contribution in [0.4, 0.5) is 13.6 Å². The van der Waals surface area contributed by atoms with Gasteiger partial charge in [0, 0.05) is 38.0 Å². The Hall–Kier alpha value is -4.74. The van der Waals surface area contributed by atoms with Crippen LogP contribution >= 0.6 is 0 Å². The van der Waals surface area contributed by atoms with Gasteiger partial charge in [0.05, 0.1) is 40.2 Å². The van der Waals surface area contributed by atoms with Crippen LogP contribution in [-0.2, 0) is 18.2 Å². The molecular weight excluding hydrogens is 544 g/mol. The van der Waals surface area contributed by atoms with E-state index in [1.165, 1.54) is 33.7 Å². The number of fused-ring (bicyclic) bond motifs is 2. The van der Waals surface area contributed by atoms with Crippen LogP contribution in [0.1, 0.15) is 50.6 Å². The summed E-state index contributed by atoms with van der Waals surface area (Å²) in [7, 11) is 1.72. The monoisotopic (exact) mass is 575 g/mol. The van der Waals surface area contributed by atoms with Gasteiger partial charge in [-0.15, -0.1) is 0 Å². The highest BCUT2D eigenvalue weighted by Gasteiger charge is 2.37. The fraction of sp³-hybridized carbons (Fsp3) is 0.333. The van der Waals surface area contributed by atoms with Gasteiger partial charge in [0.15, 0.2) is 5.82 Å². The molecule has 1 aliphatic rings. The topological polar surface area (TPSA) is 92.1 Å². The molecule has 0 N–H and O–H groups in total. The predicted molar refractivity (Wildman–Crippen MR) is 152 cm³/mol. The van der Waals surface area contributed by atoms with Crippen LogP contribution in [0.3, 0.4) is 0 Å². The maximum Gasteiger partial charge on any atom is 0.410 e. The molecule has 1 aliphatic heterocycles.